The SMILES string of the molecule is CCNCC1CCCC1c1ccnn1-c1ccccc1. The molecule has 106 valence electrons. The van der Waals surface area contributed by atoms with Gasteiger partial charge in [0, 0.05) is 17.8 Å². The minimum atomic E-state index is 0.636. The van der Waals surface area contributed by atoms with Crippen LogP contribution < -0.4 is 5.32 Å². The molecule has 1 fully saturated rings. The molecule has 1 aliphatic rings. The zero-order chi connectivity index (χ0) is 13.8. The van der Waals surface area contributed by atoms with Gasteiger partial charge in [-0.05, 0) is 50.0 Å². The van der Waals surface area contributed by atoms with Crippen molar-refractivity contribution in [2.75, 3.05) is 13.1 Å². The second kappa shape index (κ2) is 6.23. The van der Waals surface area contributed by atoms with Gasteiger partial charge in [-0.1, -0.05) is 31.5 Å². The lowest BCUT2D eigenvalue weighted by Crippen LogP contribution is -2.25. The Morgan fingerprint density at radius 2 is 2.05 bits per heavy atom. The summed E-state index contributed by atoms with van der Waals surface area (Å²) < 4.78 is 2.12. The van der Waals surface area contributed by atoms with Gasteiger partial charge in [-0.2, -0.15) is 5.10 Å². The average Bonchev–Trinajstić information content (AvgIpc) is 3.14. The van der Waals surface area contributed by atoms with E-state index in [9.17, 15) is 0 Å². The number of para-hydroxylation sites is 1. The quantitative estimate of drug-likeness (QED) is 0.902. The highest BCUT2D eigenvalue weighted by Crippen LogP contribution is 2.39. The Morgan fingerprint density at radius 1 is 1.20 bits per heavy atom. The summed E-state index contributed by atoms with van der Waals surface area (Å²) >= 11 is 0. The van der Waals surface area contributed by atoms with Gasteiger partial charge >= 0.3 is 0 Å². The first-order valence-corrected chi connectivity index (χ1v) is 7.70. The molecule has 20 heavy (non-hydrogen) atoms. The highest BCUT2D eigenvalue weighted by Gasteiger charge is 2.30. The molecule has 0 aliphatic heterocycles. The summed E-state index contributed by atoms with van der Waals surface area (Å²) in [6.45, 7) is 4.36. The smallest absolute Gasteiger partial charge is 0.0648 e. The first-order valence-electron chi connectivity index (χ1n) is 7.70. The third-order valence-electron chi connectivity index (χ3n) is 4.37. The summed E-state index contributed by atoms with van der Waals surface area (Å²) in [6.07, 6.45) is 5.89. The molecule has 3 heteroatoms. The van der Waals surface area contributed by atoms with Gasteiger partial charge in [0.2, 0.25) is 0 Å². The largest absolute Gasteiger partial charge is 0.317 e. The summed E-state index contributed by atoms with van der Waals surface area (Å²) in [6, 6.07) is 12.7. The molecule has 2 unspecified atom stereocenters. The molecule has 0 bridgehead atoms. The van der Waals surface area contributed by atoms with E-state index < -0.39 is 0 Å². The molecule has 1 aromatic heterocycles. The summed E-state index contributed by atoms with van der Waals surface area (Å²) in [5, 5.41) is 8.05. The summed E-state index contributed by atoms with van der Waals surface area (Å²) in [5.74, 6) is 1.38. The lowest BCUT2D eigenvalue weighted by molar-refractivity contribution is 0.438. The molecule has 2 atom stereocenters. The molecular weight excluding hydrogens is 246 g/mol. The number of nitrogens with zero attached hydrogens (tertiary/aromatic N) is 2. The molecule has 1 aliphatic carbocycles. The van der Waals surface area contributed by atoms with Crippen molar-refractivity contribution >= 4 is 0 Å². The van der Waals surface area contributed by atoms with Crippen LogP contribution in [0.1, 0.15) is 37.8 Å². The molecule has 1 heterocycles. The van der Waals surface area contributed by atoms with Gasteiger partial charge in [-0.25, -0.2) is 4.68 Å². The second-order valence-electron chi connectivity index (χ2n) is 5.61. The monoisotopic (exact) mass is 269 g/mol. The Hall–Kier alpha value is -1.61. The van der Waals surface area contributed by atoms with Gasteiger partial charge in [0.05, 0.1) is 5.69 Å². The van der Waals surface area contributed by atoms with Crippen molar-refractivity contribution < 1.29 is 0 Å². The number of rotatable bonds is 5. The van der Waals surface area contributed by atoms with E-state index >= 15 is 0 Å². The Kier molecular flexibility index (Phi) is 4.16. The fourth-order valence-corrected chi connectivity index (χ4v) is 3.38. The standard InChI is InChI=1S/C17H23N3/c1-2-18-13-14-7-6-10-16(14)17-11-12-19-20(17)15-8-4-3-5-9-15/h3-5,8-9,11-12,14,16,18H,2,6-7,10,13H2,1H3. The zero-order valence-corrected chi connectivity index (χ0v) is 12.1. The first-order chi connectivity index (χ1) is 9.90. The predicted octanol–water partition coefficient (Wildman–Crippen LogP) is 3.37. The van der Waals surface area contributed by atoms with Crippen LogP contribution in [0.2, 0.25) is 0 Å². The van der Waals surface area contributed by atoms with E-state index in [-0.39, 0.29) is 0 Å². The molecule has 1 saturated carbocycles. The normalized spacial score (nSPS) is 22.2. The second-order valence-corrected chi connectivity index (χ2v) is 5.61. The maximum Gasteiger partial charge on any atom is 0.0648 e. The summed E-state index contributed by atoms with van der Waals surface area (Å²) in [4.78, 5) is 0. The average molecular weight is 269 g/mol. The topological polar surface area (TPSA) is 29.9 Å². The van der Waals surface area contributed by atoms with Crippen LogP contribution in [-0.4, -0.2) is 22.9 Å². The molecule has 0 saturated heterocycles. The van der Waals surface area contributed by atoms with Crippen molar-refractivity contribution in [3.05, 3.63) is 48.3 Å². The number of nitrogens with one attached hydrogen (secondary N) is 1. The van der Waals surface area contributed by atoms with Gasteiger partial charge < -0.3 is 5.32 Å². The number of aromatic nitrogens is 2. The molecule has 0 spiro atoms. The van der Waals surface area contributed by atoms with E-state index in [1.165, 1.54) is 30.6 Å². The zero-order valence-electron chi connectivity index (χ0n) is 12.1. The molecule has 0 amide bonds. The van der Waals surface area contributed by atoms with Crippen molar-refractivity contribution in [2.45, 2.75) is 32.1 Å². The third kappa shape index (κ3) is 2.63. The maximum absolute atomic E-state index is 4.54. The number of hydrogen-bond acceptors (Lipinski definition) is 2. The molecule has 1 aromatic carbocycles. The van der Waals surface area contributed by atoms with E-state index in [0.29, 0.717) is 5.92 Å². The predicted molar refractivity (Wildman–Crippen MR) is 82.2 cm³/mol. The fourth-order valence-electron chi connectivity index (χ4n) is 3.38. The van der Waals surface area contributed by atoms with Crippen LogP contribution in [0.5, 0.6) is 0 Å². The highest BCUT2D eigenvalue weighted by atomic mass is 15.3. The van der Waals surface area contributed by atoms with Crippen LogP contribution in [0.15, 0.2) is 42.6 Å². The van der Waals surface area contributed by atoms with Gasteiger partial charge in [0.1, 0.15) is 0 Å². The Morgan fingerprint density at radius 3 is 2.85 bits per heavy atom. The van der Waals surface area contributed by atoms with E-state index in [2.05, 4.69) is 58.4 Å². The number of benzene rings is 1. The van der Waals surface area contributed by atoms with Crippen LogP contribution in [0.4, 0.5) is 0 Å². The molecular formula is C17H23N3. The third-order valence-corrected chi connectivity index (χ3v) is 4.37. The molecule has 2 aromatic rings. The van der Waals surface area contributed by atoms with Crippen LogP contribution in [0.3, 0.4) is 0 Å². The van der Waals surface area contributed by atoms with Crippen molar-refractivity contribution in [3.8, 4) is 5.69 Å². The van der Waals surface area contributed by atoms with E-state index in [1.54, 1.807) is 0 Å². The highest BCUT2D eigenvalue weighted by molar-refractivity contribution is 5.33. The summed E-state index contributed by atoms with van der Waals surface area (Å²) in [7, 11) is 0. The lowest BCUT2D eigenvalue weighted by Gasteiger charge is -2.21. The van der Waals surface area contributed by atoms with Gasteiger partial charge in [-0.15, -0.1) is 0 Å². The molecule has 1 N–H and O–H groups in total. The van der Waals surface area contributed by atoms with Gasteiger partial charge in [0.15, 0.2) is 0 Å². The lowest BCUT2D eigenvalue weighted by atomic mass is 9.92. The van der Waals surface area contributed by atoms with Crippen molar-refractivity contribution in [1.29, 1.82) is 0 Å². The van der Waals surface area contributed by atoms with Crippen LogP contribution in [0, 0.1) is 5.92 Å². The van der Waals surface area contributed by atoms with Crippen molar-refractivity contribution in [3.63, 3.8) is 0 Å². The Balaban J connectivity index is 1.86. The Labute approximate surface area is 121 Å². The van der Waals surface area contributed by atoms with Crippen LogP contribution in [0.25, 0.3) is 5.69 Å². The van der Waals surface area contributed by atoms with Gasteiger partial charge in [0.25, 0.3) is 0 Å². The van der Waals surface area contributed by atoms with Gasteiger partial charge in [-0.3, -0.25) is 0 Å². The molecule has 3 nitrogen and oxygen atoms in total. The minimum absolute atomic E-state index is 0.636. The molecule has 0 radical (unpaired) electrons. The number of hydrogen-bond donors (Lipinski definition) is 1. The van der Waals surface area contributed by atoms with Crippen molar-refractivity contribution in [1.82, 2.24) is 15.1 Å². The summed E-state index contributed by atoms with van der Waals surface area (Å²) in [5.41, 5.74) is 2.54. The minimum Gasteiger partial charge on any atom is -0.317 e. The fraction of sp³-hybridized carbons (Fsp3) is 0.471. The van der Waals surface area contributed by atoms with Crippen LogP contribution >= 0.6 is 0 Å². The van der Waals surface area contributed by atoms with Crippen LogP contribution in [-0.2, 0) is 0 Å². The Bertz CT molecular complexity index is 532. The maximum atomic E-state index is 4.54. The van der Waals surface area contributed by atoms with E-state index in [4.69, 9.17) is 0 Å². The van der Waals surface area contributed by atoms with Crippen molar-refractivity contribution in [2.24, 2.45) is 5.92 Å². The van der Waals surface area contributed by atoms with E-state index in [0.717, 1.165) is 19.0 Å². The first kappa shape index (κ1) is 13.4. The van der Waals surface area contributed by atoms with E-state index in [1.807, 2.05) is 6.20 Å². The molecule has 3 rings (SSSR count).